The highest BCUT2D eigenvalue weighted by Gasteiger charge is 2.31. The molecule has 0 amide bonds. The minimum absolute atomic E-state index is 0.00147. The van der Waals surface area contributed by atoms with E-state index in [-0.39, 0.29) is 11.7 Å². The molecule has 1 fully saturated rings. The van der Waals surface area contributed by atoms with E-state index >= 15 is 0 Å². The van der Waals surface area contributed by atoms with Crippen LogP contribution in [0.1, 0.15) is 44.2 Å². The molecule has 0 bridgehead atoms. The highest BCUT2D eigenvalue weighted by molar-refractivity contribution is 7.89. The first kappa shape index (κ1) is 19.0. The maximum atomic E-state index is 13.0. The van der Waals surface area contributed by atoms with Gasteiger partial charge in [0.25, 0.3) is 0 Å². The maximum Gasteiger partial charge on any atom is 0.326 e. The quantitative estimate of drug-likeness (QED) is 0.730. The SMILES string of the molecule is CC(C)c1ccc(S(=O)(=O)N2CCC(n3c(=O)[nH]c4ccccc43)CC2)cc1. The lowest BCUT2D eigenvalue weighted by Gasteiger charge is -2.31. The van der Waals surface area contributed by atoms with Crippen LogP contribution in [0.15, 0.2) is 58.2 Å². The summed E-state index contributed by atoms with van der Waals surface area (Å²) in [7, 11) is -3.51. The Kier molecular flexibility index (Phi) is 4.89. The normalized spacial score (nSPS) is 16.8. The van der Waals surface area contributed by atoms with E-state index in [0.29, 0.717) is 36.7 Å². The molecule has 0 atom stereocenters. The van der Waals surface area contributed by atoms with Gasteiger partial charge in [-0.05, 0) is 48.6 Å². The van der Waals surface area contributed by atoms with Gasteiger partial charge in [-0.1, -0.05) is 38.1 Å². The highest BCUT2D eigenvalue weighted by Crippen LogP contribution is 2.28. The summed E-state index contributed by atoms with van der Waals surface area (Å²) in [6.07, 6.45) is 1.23. The zero-order valence-corrected chi connectivity index (χ0v) is 16.9. The van der Waals surface area contributed by atoms with Crippen LogP contribution in [0.5, 0.6) is 0 Å². The molecule has 1 aliphatic heterocycles. The lowest BCUT2D eigenvalue weighted by Crippen LogP contribution is -2.40. The Morgan fingerprint density at radius 1 is 1.00 bits per heavy atom. The summed E-state index contributed by atoms with van der Waals surface area (Å²) in [5.74, 6) is 0.363. The van der Waals surface area contributed by atoms with Crippen molar-refractivity contribution in [2.24, 2.45) is 0 Å². The second-order valence-corrected chi connectivity index (χ2v) is 9.61. The van der Waals surface area contributed by atoms with E-state index in [0.717, 1.165) is 16.6 Å². The van der Waals surface area contributed by atoms with Crippen LogP contribution in [-0.2, 0) is 10.0 Å². The van der Waals surface area contributed by atoms with Gasteiger partial charge in [0, 0.05) is 19.1 Å². The summed E-state index contributed by atoms with van der Waals surface area (Å²) in [5.41, 5.74) is 2.68. The number of benzene rings is 2. The van der Waals surface area contributed by atoms with E-state index in [2.05, 4.69) is 18.8 Å². The van der Waals surface area contributed by atoms with Crippen molar-refractivity contribution in [1.82, 2.24) is 13.9 Å². The van der Waals surface area contributed by atoms with Gasteiger partial charge in [-0.15, -0.1) is 0 Å². The zero-order valence-electron chi connectivity index (χ0n) is 16.1. The van der Waals surface area contributed by atoms with E-state index in [4.69, 9.17) is 0 Å². The van der Waals surface area contributed by atoms with Gasteiger partial charge in [0.05, 0.1) is 15.9 Å². The van der Waals surface area contributed by atoms with Crippen LogP contribution >= 0.6 is 0 Å². The third-order valence-corrected chi connectivity index (χ3v) is 7.51. The first-order valence-corrected chi connectivity index (χ1v) is 11.1. The smallest absolute Gasteiger partial charge is 0.306 e. The van der Waals surface area contributed by atoms with Gasteiger partial charge < -0.3 is 4.98 Å². The van der Waals surface area contributed by atoms with Crippen molar-refractivity contribution in [1.29, 1.82) is 0 Å². The van der Waals surface area contributed by atoms with Gasteiger partial charge in [-0.3, -0.25) is 4.57 Å². The Morgan fingerprint density at radius 2 is 1.64 bits per heavy atom. The molecule has 1 saturated heterocycles. The van der Waals surface area contributed by atoms with Crippen LogP contribution in [0.3, 0.4) is 0 Å². The number of sulfonamides is 1. The molecule has 0 unspecified atom stereocenters. The van der Waals surface area contributed by atoms with Gasteiger partial charge >= 0.3 is 5.69 Å². The third-order valence-electron chi connectivity index (χ3n) is 5.60. The molecule has 1 N–H and O–H groups in total. The molecule has 7 heteroatoms. The fourth-order valence-corrected chi connectivity index (χ4v) is 5.42. The summed E-state index contributed by atoms with van der Waals surface area (Å²) in [4.78, 5) is 15.6. The van der Waals surface area contributed by atoms with Crippen LogP contribution in [0, 0.1) is 0 Å². The van der Waals surface area contributed by atoms with E-state index in [1.54, 1.807) is 16.7 Å². The first-order valence-electron chi connectivity index (χ1n) is 9.67. The van der Waals surface area contributed by atoms with Gasteiger partial charge in [0.15, 0.2) is 0 Å². The molecule has 6 nitrogen and oxygen atoms in total. The van der Waals surface area contributed by atoms with Crippen LogP contribution in [-0.4, -0.2) is 35.4 Å². The summed E-state index contributed by atoms with van der Waals surface area (Å²) < 4.78 is 29.3. The average Bonchev–Trinajstić information content (AvgIpc) is 3.04. The van der Waals surface area contributed by atoms with Crippen molar-refractivity contribution >= 4 is 21.1 Å². The van der Waals surface area contributed by atoms with E-state index in [1.807, 2.05) is 36.4 Å². The Morgan fingerprint density at radius 3 is 2.29 bits per heavy atom. The number of hydrogen-bond acceptors (Lipinski definition) is 3. The second-order valence-electron chi connectivity index (χ2n) is 7.68. The topological polar surface area (TPSA) is 75.2 Å². The Hall–Kier alpha value is -2.38. The number of imidazole rings is 1. The van der Waals surface area contributed by atoms with E-state index in [1.165, 1.54) is 4.31 Å². The highest BCUT2D eigenvalue weighted by atomic mass is 32.2. The molecule has 148 valence electrons. The number of piperidine rings is 1. The summed E-state index contributed by atoms with van der Waals surface area (Å²) in [6, 6.07) is 14.8. The standard InChI is InChI=1S/C21H25N3O3S/c1-15(2)16-7-9-18(10-8-16)28(26,27)23-13-11-17(12-14-23)24-20-6-4-3-5-19(20)22-21(24)25/h3-10,15,17H,11-14H2,1-2H3,(H,22,25). The van der Waals surface area contributed by atoms with Crippen LogP contribution in [0.2, 0.25) is 0 Å². The number of fused-ring (bicyclic) bond motifs is 1. The van der Waals surface area contributed by atoms with Gasteiger partial charge in [0.1, 0.15) is 0 Å². The lowest BCUT2D eigenvalue weighted by atomic mass is 10.0. The Labute approximate surface area is 164 Å². The van der Waals surface area contributed by atoms with Gasteiger partial charge in [-0.2, -0.15) is 4.31 Å². The molecule has 28 heavy (non-hydrogen) atoms. The van der Waals surface area contributed by atoms with Gasteiger partial charge in [0.2, 0.25) is 10.0 Å². The number of rotatable bonds is 4. The monoisotopic (exact) mass is 399 g/mol. The molecule has 2 aromatic carbocycles. The molecular weight excluding hydrogens is 374 g/mol. The van der Waals surface area contributed by atoms with Crippen LogP contribution in [0.4, 0.5) is 0 Å². The van der Waals surface area contributed by atoms with E-state index in [9.17, 15) is 13.2 Å². The number of H-pyrrole nitrogens is 1. The van der Waals surface area contributed by atoms with Crippen molar-refractivity contribution in [2.75, 3.05) is 13.1 Å². The molecule has 3 aromatic rings. The van der Waals surface area contributed by atoms with Crippen molar-refractivity contribution in [3.8, 4) is 0 Å². The van der Waals surface area contributed by atoms with E-state index < -0.39 is 10.0 Å². The van der Waals surface area contributed by atoms with Crippen molar-refractivity contribution in [2.45, 2.75) is 43.5 Å². The van der Waals surface area contributed by atoms with Crippen molar-refractivity contribution in [3.63, 3.8) is 0 Å². The number of aromatic amines is 1. The number of hydrogen-bond donors (Lipinski definition) is 1. The number of nitrogens with zero attached hydrogens (tertiary/aromatic N) is 2. The Bertz CT molecular complexity index is 1140. The molecular formula is C21H25N3O3S. The van der Waals surface area contributed by atoms with Crippen LogP contribution in [0.25, 0.3) is 11.0 Å². The summed E-state index contributed by atoms with van der Waals surface area (Å²) in [6.45, 7) is 4.98. The fourth-order valence-electron chi connectivity index (χ4n) is 3.95. The van der Waals surface area contributed by atoms with Crippen molar-refractivity contribution in [3.05, 3.63) is 64.6 Å². The molecule has 1 aromatic heterocycles. The summed E-state index contributed by atoms with van der Waals surface area (Å²) >= 11 is 0. The molecule has 0 saturated carbocycles. The molecule has 0 spiro atoms. The second kappa shape index (κ2) is 7.22. The third kappa shape index (κ3) is 3.29. The molecule has 0 radical (unpaired) electrons. The minimum Gasteiger partial charge on any atom is -0.306 e. The van der Waals surface area contributed by atoms with Gasteiger partial charge in [-0.25, -0.2) is 13.2 Å². The predicted molar refractivity (Wildman–Crippen MR) is 110 cm³/mol. The molecule has 2 heterocycles. The fraction of sp³-hybridized carbons (Fsp3) is 0.381. The number of para-hydroxylation sites is 2. The molecule has 4 rings (SSSR count). The molecule has 1 aliphatic rings. The molecule has 0 aliphatic carbocycles. The minimum atomic E-state index is -3.51. The summed E-state index contributed by atoms with van der Waals surface area (Å²) in [5, 5.41) is 0. The van der Waals surface area contributed by atoms with Crippen LogP contribution < -0.4 is 5.69 Å². The lowest BCUT2D eigenvalue weighted by molar-refractivity contribution is 0.274. The largest absolute Gasteiger partial charge is 0.326 e. The first-order chi connectivity index (χ1) is 13.4. The van der Waals surface area contributed by atoms with Crippen molar-refractivity contribution < 1.29 is 8.42 Å². The number of aromatic nitrogens is 2. The predicted octanol–water partition coefficient (Wildman–Crippen LogP) is 3.48. The zero-order chi connectivity index (χ0) is 19.9. The average molecular weight is 400 g/mol. The Balaban J connectivity index is 1.53. The number of nitrogens with one attached hydrogen (secondary N) is 1. The maximum absolute atomic E-state index is 13.0.